The molecule has 106 valence electrons. The van der Waals surface area contributed by atoms with Gasteiger partial charge in [0.05, 0.1) is 32.2 Å². The van der Waals surface area contributed by atoms with Gasteiger partial charge in [-0.15, -0.1) is 0 Å². The molecule has 2 aromatic heterocycles. The lowest BCUT2D eigenvalue weighted by Crippen LogP contribution is -2.15. The number of ether oxygens (including phenoxy) is 2. The van der Waals surface area contributed by atoms with Gasteiger partial charge in [-0.05, 0) is 19.9 Å². The van der Waals surface area contributed by atoms with Crippen LogP contribution in [0.5, 0.6) is 11.5 Å². The predicted octanol–water partition coefficient (Wildman–Crippen LogP) is 2.11. The van der Waals surface area contributed by atoms with Crippen LogP contribution in [0.4, 0.5) is 0 Å². The second-order valence-corrected chi connectivity index (χ2v) is 4.50. The molecule has 0 saturated carbocycles. The highest BCUT2D eigenvalue weighted by Crippen LogP contribution is 2.27. The van der Waals surface area contributed by atoms with E-state index in [1.807, 2.05) is 13.8 Å². The van der Waals surface area contributed by atoms with Gasteiger partial charge in [-0.2, -0.15) is 5.10 Å². The normalized spacial score (nSPS) is 10.7. The van der Waals surface area contributed by atoms with Gasteiger partial charge in [-0.25, -0.2) is 0 Å². The molecule has 0 aromatic carbocycles. The molecule has 0 aliphatic heterocycles. The van der Waals surface area contributed by atoms with Crippen LogP contribution >= 0.6 is 0 Å². The van der Waals surface area contributed by atoms with E-state index in [2.05, 4.69) is 10.1 Å². The van der Waals surface area contributed by atoms with Gasteiger partial charge in [-0.1, -0.05) is 0 Å². The molecule has 0 unspecified atom stereocenters. The molecule has 0 aliphatic rings. The molecule has 0 radical (unpaired) electrons. The highest BCUT2D eigenvalue weighted by atomic mass is 16.5. The number of carbonyl (C=O) groups is 1. The van der Waals surface area contributed by atoms with E-state index in [0.29, 0.717) is 22.8 Å². The molecule has 0 saturated heterocycles. The van der Waals surface area contributed by atoms with Crippen molar-refractivity contribution in [2.45, 2.75) is 19.9 Å². The van der Waals surface area contributed by atoms with Crippen LogP contribution in [0.2, 0.25) is 0 Å². The first kappa shape index (κ1) is 14.0. The topological polar surface area (TPSA) is 66.2 Å². The van der Waals surface area contributed by atoms with Crippen LogP contribution in [0, 0.1) is 0 Å². The maximum absolute atomic E-state index is 12.7. The quantitative estimate of drug-likeness (QED) is 0.782. The zero-order valence-electron chi connectivity index (χ0n) is 12.0. The largest absolute Gasteiger partial charge is 0.494 e. The maximum atomic E-state index is 12.7. The van der Waals surface area contributed by atoms with Crippen LogP contribution in [0.15, 0.2) is 24.7 Å². The Morgan fingerprint density at radius 2 is 1.90 bits per heavy atom. The van der Waals surface area contributed by atoms with Gasteiger partial charge < -0.3 is 9.47 Å². The van der Waals surface area contributed by atoms with E-state index in [-0.39, 0.29) is 11.8 Å². The van der Waals surface area contributed by atoms with E-state index in [4.69, 9.17) is 9.47 Å². The summed E-state index contributed by atoms with van der Waals surface area (Å²) < 4.78 is 12.1. The summed E-state index contributed by atoms with van der Waals surface area (Å²) in [7, 11) is 3.02. The third kappa shape index (κ3) is 2.36. The smallest absolute Gasteiger partial charge is 0.218 e. The summed E-state index contributed by atoms with van der Waals surface area (Å²) in [6, 6.07) is 1.67. The zero-order valence-corrected chi connectivity index (χ0v) is 12.0. The number of pyridine rings is 1. The number of rotatable bonds is 5. The number of hydrogen-bond donors (Lipinski definition) is 0. The predicted molar refractivity (Wildman–Crippen MR) is 73.4 cm³/mol. The average Bonchev–Trinajstić information content (AvgIpc) is 2.90. The number of aromatic nitrogens is 3. The van der Waals surface area contributed by atoms with Crippen molar-refractivity contribution in [3.63, 3.8) is 0 Å². The van der Waals surface area contributed by atoms with E-state index in [1.54, 1.807) is 23.1 Å². The molecule has 0 aliphatic carbocycles. The zero-order chi connectivity index (χ0) is 14.7. The first-order chi connectivity index (χ1) is 9.60. The molecule has 0 fully saturated rings. The van der Waals surface area contributed by atoms with Crippen molar-refractivity contribution in [3.8, 4) is 11.5 Å². The highest BCUT2D eigenvalue weighted by molar-refractivity contribution is 6.11. The van der Waals surface area contributed by atoms with Gasteiger partial charge in [0.1, 0.15) is 5.75 Å². The molecule has 0 amide bonds. The molecular formula is C14H17N3O3. The van der Waals surface area contributed by atoms with E-state index in [1.165, 1.54) is 20.4 Å². The standard InChI is InChI=1S/C14H17N3O3/c1-9(2)17-13(12(20-4)8-16-17)14(18)10-5-6-15-7-11(10)19-3/h5-9H,1-4H3. The third-order valence-corrected chi connectivity index (χ3v) is 2.94. The molecule has 2 aromatic rings. The monoisotopic (exact) mass is 275 g/mol. The van der Waals surface area contributed by atoms with Crippen LogP contribution in [0.3, 0.4) is 0 Å². The summed E-state index contributed by atoms with van der Waals surface area (Å²) in [5.41, 5.74) is 0.843. The minimum atomic E-state index is -0.202. The van der Waals surface area contributed by atoms with Gasteiger partial charge >= 0.3 is 0 Å². The summed E-state index contributed by atoms with van der Waals surface area (Å²) in [6.07, 6.45) is 4.61. The van der Waals surface area contributed by atoms with E-state index in [9.17, 15) is 4.79 Å². The van der Waals surface area contributed by atoms with Crippen LogP contribution < -0.4 is 9.47 Å². The van der Waals surface area contributed by atoms with E-state index < -0.39 is 0 Å². The Kier molecular flexibility index (Phi) is 4.02. The fourth-order valence-electron chi connectivity index (χ4n) is 1.96. The Morgan fingerprint density at radius 1 is 1.20 bits per heavy atom. The van der Waals surface area contributed by atoms with Gasteiger partial charge in [0.2, 0.25) is 5.78 Å². The van der Waals surface area contributed by atoms with E-state index in [0.717, 1.165) is 0 Å². The molecule has 0 atom stereocenters. The average molecular weight is 275 g/mol. The summed E-state index contributed by atoms with van der Waals surface area (Å²) in [6.45, 7) is 3.90. The molecule has 0 spiro atoms. The first-order valence-corrected chi connectivity index (χ1v) is 6.24. The lowest BCUT2D eigenvalue weighted by atomic mass is 10.1. The second-order valence-electron chi connectivity index (χ2n) is 4.50. The van der Waals surface area contributed by atoms with Crippen molar-refractivity contribution in [1.29, 1.82) is 0 Å². The van der Waals surface area contributed by atoms with Crippen molar-refractivity contribution in [2.75, 3.05) is 14.2 Å². The number of carbonyl (C=O) groups excluding carboxylic acids is 1. The Morgan fingerprint density at radius 3 is 2.50 bits per heavy atom. The molecular weight excluding hydrogens is 258 g/mol. The minimum Gasteiger partial charge on any atom is -0.494 e. The lowest BCUT2D eigenvalue weighted by Gasteiger charge is -2.12. The second kappa shape index (κ2) is 5.73. The summed E-state index contributed by atoms with van der Waals surface area (Å²) >= 11 is 0. The Labute approximate surface area is 117 Å². The molecule has 2 heterocycles. The van der Waals surface area contributed by atoms with Crippen molar-refractivity contribution in [1.82, 2.24) is 14.8 Å². The van der Waals surface area contributed by atoms with Crippen molar-refractivity contribution in [3.05, 3.63) is 35.9 Å². The minimum absolute atomic E-state index is 0.0469. The number of nitrogens with zero attached hydrogens (tertiary/aromatic N) is 3. The lowest BCUT2D eigenvalue weighted by molar-refractivity contribution is 0.102. The summed E-state index contributed by atoms with van der Waals surface area (Å²) in [5.74, 6) is 0.672. The third-order valence-electron chi connectivity index (χ3n) is 2.94. The summed E-state index contributed by atoms with van der Waals surface area (Å²) in [4.78, 5) is 16.7. The first-order valence-electron chi connectivity index (χ1n) is 6.24. The van der Waals surface area contributed by atoms with Gasteiger partial charge in [0, 0.05) is 12.2 Å². The molecule has 6 heteroatoms. The van der Waals surface area contributed by atoms with E-state index >= 15 is 0 Å². The Bertz CT molecular complexity index is 620. The Hall–Kier alpha value is -2.37. The number of methoxy groups -OCH3 is 2. The van der Waals surface area contributed by atoms with Crippen LogP contribution in [0.1, 0.15) is 35.9 Å². The fraction of sp³-hybridized carbons (Fsp3) is 0.357. The van der Waals surface area contributed by atoms with Gasteiger partial charge in [0.25, 0.3) is 0 Å². The molecule has 0 bridgehead atoms. The van der Waals surface area contributed by atoms with Gasteiger partial charge in [-0.3, -0.25) is 14.5 Å². The van der Waals surface area contributed by atoms with Crippen LogP contribution in [-0.4, -0.2) is 34.8 Å². The van der Waals surface area contributed by atoms with Crippen molar-refractivity contribution in [2.24, 2.45) is 0 Å². The Balaban J connectivity index is 2.55. The number of hydrogen-bond acceptors (Lipinski definition) is 5. The SMILES string of the molecule is COc1cnccc1C(=O)c1c(OC)cnn1C(C)C. The van der Waals surface area contributed by atoms with Crippen LogP contribution in [0.25, 0.3) is 0 Å². The van der Waals surface area contributed by atoms with Gasteiger partial charge in [0.15, 0.2) is 11.4 Å². The van der Waals surface area contributed by atoms with Crippen LogP contribution in [-0.2, 0) is 0 Å². The fourth-order valence-corrected chi connectivity index (χ4v) is 1.96. The molecule has 6 nitrogen and oxygen atoms in total. The molecule has 20 heavy (non-hydrogen) atoms. The summed E-state index contributed by atoms with van der Waals surface area (Å²) in [5, 5.41) is 4.20. The maximum Gasteiger partial charge on any atom is 0.218 e. The highest BCUT2D eigenvalue weighted by Gasteiger charge is 2.24. The van der Waals surface area contributed by atoms with Crippen molar-refractivity contribution < 1.29 is 14.3 Å². The van der Waals surface area contributed by atoms with Crippen molar-refractivity contribution >= 4 is 5.78 Å². The number of ketones is 1. The molecule has 0 N–H and O–H groups in total. The molecule has 2 rings (SSSR count).